The van der Waals surface area contributed by atoms with E-state index in [2.05, 4.69) is 131 Å². The molecule has 0 aliphatic rings. The minimum absolute atomic E-state index is 1.08. The van der Waals surface area contributed by atoms with E-state index in [0.29, 0.717) is 0 Å². The minimum Gasteiger partial charge on any atom is -0.265 e. The highest BCUT2D eigenvalue weighted by molar-refractivity contribution is 6.23. The summed E-state index contributed by atoms with van der Waals surface area (Å²) in [4.78, 5) is 8.76. The van der Waals surface area contributed by atoms with Crippen molar-refractivity contribution in [2.45, 2.75) is 0 Å². The van der Waals surface area contributed by atoms with E-state index in [1.54, 1.807) is 0 Å². The molecule has 0 spiro atoms. The maximum absolute atomic E-state index is 4.59. The molecule has 0 aliphatic carbocycles. The smallest absolute Gasteiger partial charge is 0.0346 e. The van der Waals surface area contributed by atoms with Crippen LogP contribution in [0.2, 0.25) is 0 Å². The molecule has 0 radical (unpaired) electrons. The van der Waals surface area contributed by atoms with E-state index in [1.165, 1.54) is 54.6 Å². The van der Waals surface area contributed by atoms with Crippen LogP contribution >= 0.6 is 0 Å². The number of rotatable bonds is 4. The Morgan fingerprint density at radius 3 is 1.57 bits per heavy atom. The molecule has 0 fully saturated rings. The molecule has 42 heavy (non-hydrogen) atoms. The molecule has 2 heterocycles. The summed E-state index contributed by atoms with van der Waals surface area (Å²) in [5.74, 6) is 0. The van der Waals surface area contributed by atoms with Gasteiger partial charge in [-0.15, -0.1) is 0 Å². The van der Waals surface area contributed by atoms with Crippen molar-refractivity contribution in [3.8, 4) is 44.5 Å². The largest absolute Gasteiger partial charge is 0.265 e. The Morgan fingerprint density at radius 1 is 0.333 bits per heavy atom. The molecule has 8 rings (SSSR count). The van der Waals surface area contributed by atoms with Crippen molar-refractivity contribution >= 4 is 32.3 Å². The molecule has 8 aromatic rings. The van der Waals surface area contributed by atoms with Crippen LogP contribution in [0.5, 0.6) is 0 Å². The van der Waals surface area contributed by atoms with Crippen LogP contribution in [0, 0.1) is 0 Å². The Labute approximate surface area is 244 Å². The fourth-order valence-corrected chi connectivity index (χ4v) is 6.33. The average Bonchev–Trinajstić information content (AvgIpc) is 3.07. The van der Waals surface area contributed by atoms with Crippen LogP contribution in [-0.4, -0.2) is 9.97 Å². The van der Waals surface area contributed by atoms with Gasteiger partial charge >= 0.3 is 0 Å². The molecular formula is C40H26N2. The van der Waals surface area contributed by atoms with Gasteiger partial charge in [0, 0.05) is 35.9 Å². The van der Waals surface area contributed by atoms with Crippen molar-refractivity contribution in [3.05, 3.63) is 158 Å². The van der Waals surface area contributed by atoms with Gasteiger partial charge in [0.05, 0.1) is 0 Å². The number of benzene rings is 6. The van der Waals surface area contributed by atoms with Crippen molar-refractivity contribution in [1.29, 1.82) is 0 Å². The molecule has 0 saturated heterocycles. The molecule has 0 saturated carbocycles. The molecule has 0 bridgehead atoms. The van der Waals surface area contributed by atoms with Crippen molar-refractivity contribution in [2.24, 2.45) is 0 Å². The van der Waals surface area contributed by atoms with E-state index in [9.17, 15) is 0 Å². The summed E-state index contributed by atoms with van der Waals surface area (Å²) in [6, 6.07) is 48.1. The van der Waals surface area contributed by atoms with E-state index >= 15 is 0 Å². The summed E-state index contributed by atoms with van der Waals surface area (Å²) in [5, 5.41) is 7.54. The standard InChI is InChI=1S/C40H26N2/c1-2-13-33-28(9-1)10-8-18-34(33)40-37-16-5-3-14-35(37)39(36-15-4-6-17-38(36)40)30-12-7-11-29(23-30)32-24-31(25-42-26-32)27-19-21-41-22-20-27/h1-26H. The second-order valence-electron chi connectivity index (χ2n) is 10.6. The van der Waals surface area contributed by atoms with Crippen LogP contribution in [-0.2, 0) is 0 Å². The first-order valence-corrected chi connectivity index (χ1v) is 14.2. The maximum Gasteiger partial charge on any atom is 0.0346 e. The van der Waals surface area contributed by atoms with E-state index in [1.807, 2.05) is 36.9 Å². The molecule has 196 valence electrons. The molecule has 6 aromatic carbocycles. The number of aromatic nitrogens is 2. The zero-order valence-corrected chi connectivity index (χ0v) is 22.9. The Kier molecular flexibility index (Phi) is 5.82. The normalized spacial score (nSPS) is 11.3. The molecule has 2 heteroatoms. The van der Waals surface area contributed by atoms with Crippen LogP contribution in [0.3, 0.4) is 0 Å². The first-order chi connectivity index (χ1) is 20.8. The summed E-state index contributed by atoms with van der Waals surface area (Å²) in [5.41, 5.74) is 9.41. The lowest BCUT2D eigenvalue weighted by molar-refractivity contribution is 1.30. The Bertz CT molecular complexity index is 2190. The van der Waals surface area contributed by atoms with E-state index in [-0.39, 0.29) is 0 Å². The molecule has 0 amide bonds. The Hall–Kier alpha value is -5.60. The van der Waals surface area contributed by atoms with Crippen molar-refractivity contribution in [3.63, 3.8) is 0 Å². The maximum atomic E-state index is 4.59. The van der Waals surface area contributed by atoms with Gasteiger partial charge in [0.25, 0.3) is 0 Å². The Morgan fingerprint density at radius 2 is 0.857 bits per heavy atom. The summed E-state index contributed by atoms with van der Waals surface area (Å²) in [7, 11) is 0. The van der Waals surface area contributed by atoms with Gasteiger partial charge in [0.1, 0.15) is 0 Å². The first kappa shape index (κ1) is 24.2. The van der Waals surface area contributed by atoms with Gasteiger partial charge in [0.15, 0.2) is 0 Å². The molecule has 0 N–H and O–H groups in total. The van der Waals surface area contributed by atoms with Crippen LogP contribution in [0.15, 0.2) is 158 Å². The van der Waals surface area contributed by atoms with Gasteiger partial charge in [-0.1, -0.05) is 109 Å². The second-order valence-corrected chi connectivity index (χ2v) is 10.6. The van der Waals surface area contributed by atoms with Gasteiger partial charge in [0.2, 0.25) is 0 Å². The van der Waals surface area contributed by atoms with Crippen molar-refractivity contribution in [1.82, 2.24) is 9.97 Å². The van der Waals surface area contributed by atoms with E-state index in [0.717, 1.165) is 22.3 Å². The minimum atomic E-state index is 1.08. The molecule has 0 aliphatic heterocycles. The lowest BCUT2D eigenvalue weighted by Gasteiger charge is -2.19. The number of hydrogen-bond donors (Lipinski definition) is 0. The second kappa shape index (κ2) is 10.1. The predicted molar refractivity (Wildman–Crippen MR) is 176 cm³/mol. The van der Waals surface area contributed by atoms with Crippen LogP contribution in [0.25, 0.3) is 76.8 Å². The highest BCUT2D eigenvalue weighted by Crippen LogP contribution is 2.45. The van der Waals surface area contributed by atoms with Crippen molar-refractivity contribution < 1.29 is 0 Å². The monoisotopic (exact) mass is 534 g/mol. The van der Waals surface area contributed by atoms with E-state index in [4.69, 9.17) is 0 Å². The predicted octanol–water partition coefficient (Wildman–Crippen LogP) is 10.6. The topological polar surface area (TPSA) is 25.8 Å². The fourth-order valence-electron chi connectivity index (χ4n) is 6.33. The summed E-state index contributed by atoms with van der Waals surface area (Å²) in [6.45, 7) is 0. The van der Waals surface area contributed by atoms with Gasteiger partial charge in [-0.3, -0.25) is 9.97 Å². The lowest BCUT2D eigenvalue weighted by atomic mass is 9.84. The Balaban J connectivity index is 1.38. The highest BCUT2D eigenvalue weighted by atomic mass is 14.6. The number of nitrogens with zero attached hydrogens (tertiary/aromatic N) is 2. The molecule has 0 atom stereocenters. The van der Waals surface area contributed by atoms with Gasteiger partial charge in [-0.05, 0) is 90.0 Å². The van der Waals surface area contributed by atoms with Gasteiger partial charge in [-0.2, -0.15) is 0 Å². The SMILES string of the molecule is c1cc(-c2cncc(-c3ccncc3)c2)cc(-c2c3ccccc3c(-c3cccc4ccccc34)c3ccccc23)c1. The van der Waals surface area contributed by atoms with Gasteiger partial charge in [-0.25, -0.2) is 0 Å². The van der Waals surface area contributed by atoms with Crippen molar-refractivity contribution in [2.75, 3.05) is 0 Å². The molecule has 0 unspecified atom stereocenters. The third-order valence-corrected chi connectivity index (χ3v) is 8.23. The third kappa shape index (κ3) is 4.05. The highest BCUT2D eigenvalue weighted by Gasteiger charge is 2.18. The molecule has 2 nitrogen and oxygen atoms in total. The summed E-state index contributed by atoms with van der Waals surface area (Å²) >= 11 is 0. The quantitative estimate of drug-likeness (QED) is 0.210. The van der Waals surface area contributed by atoms with Crippen LogP contribution < -0.4 is 0 Å². The zero-order chi connectivity index (χ0) is 27.9. The lowest BCUT2D eigenvalue weighted by Crippen LogP contribution is -1.92. The number of hydrogen-bond acceptors (Lipinski definition) is 2. The summed E-state index contributed by atoms with van der Waals surface area (Å²) < 4.78 is 0. The zero-order valence-electron chi connectivity index (χ0n) is 22.9. The average molecular weight is 535 g/mol. The number of pyridine rings is 2. The third-order valence-electron chi connectivity index (χ3n) is 8.23. The first-order valence-electron chi connectivity index (χ1n) is 14.2. The molecule has 2 aromatic heterocycles. The fraction of sp³-hybridized carbons (Fsp3) is 0. The number of fused-ring (bicyclic) bond motifs is 3. The van der Waals surface area contributed by atoms with Crippen LogP contribution in [0.4, 0.5) is 0 Å². The van der Waals surface area contributed by atoms with Gasteiger partial charge < -0.3 is 0 Å². The van der Waals surface area contributed by atoms with E-state index < -0.39 is 0 Å². The summed E-state index contributed by atoms with van der Waals surface area (Å²) in [6.07, 6.45) is 7.50. The van der Waals surface area contributed by atoms with Crippen LogP contribution in [0.1, 0.15) is 0 Å². The molecular weight excluding hydrogens is 508 g/mol.